The Bertz CT molecular complexity index is 759. The van der Waals surface area contributed by atoms with Crippen molar-refractivity contribution >= 4 is 46.6 Å². The Balaban J connectivity index is 2.08. The highest BCUT2D eigenvalue weighted by Gasteiger charge is 2.19. The van der Waals surface area contributed by atoms with Crippen molar-refractivity contribution in [2.45, 2.75) is 37.2 Å². The molecule has 0 aliphatic carbocycles. The standard InChI is InChI=1S/C14H16Cl2N4O2S/c1-3-6-20-13(22)18-19-14(20)23-8(2)12(21)17-11-7-9(15)4-5-10(11)16/h4-5,7-8H,3,6H2,1-2H3,(H,17,21)(H,18,22)/t8-/m0/s1. The average molecular weight is 375 g/mol. The average Bonchev–Trinajstić information content (AvgIpc) is 2.84. The van der Waals surface area contributed by atoms with E-state index in [1.165, 1.54) is 16.3 Å². The molecule has 0 aliphatic heterocycles. The number of hydrogen-bond acceptors (Lipinski definition) is 4. The second kappa shape index (κ2) is 7.90. The Morgan fingerprint density at radius 2 is 2.22 bits per heavy atom. The number of benzene rings is 1. The fourth-order valence-electron chi connectivity index (χ4n) is 1.85. The first-order chi connectivity index (χ1) is 10.9. The summed E-state index contributed by atoms with van der Waals surface area (Å²) in [5.41, 5.74) is 0.171. The number of anilines is 1. The van der Waals surface area contributed by atoms with E-state index in [-0.39, 0.29) is 11.6 Å². The van der Waals surface area contributed by atoms with Crippen LogP contribution in [0.1, 0.15) is 20.3 Å². The number of thioether (sulfide) groups is 1. The zero-order valence-corrected chi connectivity index (χ0v) is 14.9. The first-order valence-electron chi connectivity index (χ1n) is 7.00. The van der Waals surface area contributed by atoms with Gasteiger partial charge in [0.15, 0.2) is 5.16 Å². The normalized spacial score (nSPS) is 12.2. The lowest BCUT2D eigenvalue weighted by atomic mass is 10.3. The number of nitrogens with zero attached hydrogens (tertiary/aromatic N) is 2. The molecule has 6 nitrogen and oxygen atoms in total. The van der Waals surface area contributed by atoms with E-state index in [9.17, 15) is 9.59 Å². The van der Waals surface area contributed by atoms with Gasteiger partial charge in [0.05, 0.1) is 16.0 Å². The van der Waals surface area contributed by atoms with Gasteiger partial charge in [-0.2, -0.15) is 0 Å². The molecule has 9 heteroatoms. The zero-order chi connectivity index (χ0) is 17.0. The van der Waals surface area contributed by atoms with Crippen molar-refractivity contribution in [2.24, 2.45) is 0 Å². The van der Waals surface area contributed by atoms with Crippen LogP contribution in [0.3, 0.4) is 0 Å². The van der Waals surface area contributed by atoms with E-state index < -0.39 is 5.25 Å². The molecule has 0 fully saturated rings. The Morgan fingerprint density at radius 1 is 1.48 bits per heavy atom. The number of aromatic nitrogens is 3. The third-order valence-electron chi connectivity index (χ3n) is 3.01. The van der Waals surface area contributed by atoms with Crippen molar-refractivity contribution in [3.63, 3.8) is 0 Å². The van der Waals surface area contributed by atoms with Crippen LogP contribution in [-0.2, 0) is 11.3 Å². The van der Waals surface area contributed by atoms with Gasteiger partial charge >= 0.3 is 5.69 Å². The molecule has 2 N–H and O–H groups in total. The molecule has 0 spiro atoms. The Morgan fingerprint density at radius 3 is 2.91 bits per heavy atom. The van der Waals surface area contributed by atoms with Crippen molar-refractivity contribution in [3.8, 4) is 0 Å². The molecule has 0 aliphatic rings. The first-order valence-corrected chi connectivity index (χ1v) is 8.63. The third-order valence-corrected chi connectivity index (χ3v) is 4.66. The second-order valence-corrected chi connectivity index (χ2v) is 6.99. The van der Waals surface area contributed by atoms with E-state index in [0.717, 1.165) is 6.42 Å². The highest BCUT2D eigenvalue weighted by Crippen LogP contribution is 2.27. The first kappa shape index (κ1) is 17.9. The molecule has 1 amide bonds. The molecule has 0 unspecified atom stereocenters. The molecule has 0 saturated carbocycles. The van der Waals surface area contributed by atoms with Crippen LogP contribution in [0.4, 0.5) is 5.69 Å². The molecule has 0 radical (unpaired) electrons. The summed E-state index contributed by atoms with van der Waals surface area (Å²) in [4.78, 5) is 24.0. The predicted octanol–water partition coefficient (Wildman–Crippen LogP) is 3.41. The highest BCUT2D eigenvalue weighted by molar-refractivity contribution is 8.00. The Kier molecular flexibility index (Phi) is 6.15. The van der Waals surface area contributed by atoms with Gasteiger partial charge in [0.25, 0.3) is 0 Å². The molecule has 1 atom stereocenters. The molecule has 2 rings (SSSR count). The molecule has 1 heterocycles. The minimum atomic E-state index is -0.462. The number of carbonyl (C=O) groups is 1. The predicted molar refractivity (Wildman–Crippen MR) is 93.5 cm³/mol. The lowest BCUT2D eigenvalue weighted by molar-refractivity contribution is -0.115. The molecule has 2 aromatic rings. The fourth-order valence-corrected chi connectivity index (χ4v) is 3.07. The van der Waals surface area contributed by atoms with Gasteiger partial charge in [-0.3, -0.25) is 9.36 Å². The summed E-state index contributed by atoms with van der Waals surface area (Å²) in [5, 5.41) is 9.99. The number of amides is 1. The largest absolute Gasteiger partial charge is 0.343 e. The summed E-state index contributed by atoms with van der Waals surface area (Å²) < 4.78 is 1.51. The molecule has 1 aromatic heterocycles. The van der Waals surface area contributed by atoms with Crippen LogP contribution in [-0.4, -0.2) is 25.9 Å². The van der Waals surface area contributed by atoms with Gasteiger partial charge in [0.2, 0.25) is 5.91 Å². The number of rotatable bonds is 6. The van der Waals surface area contributed by atoms with Crippen molar-refractivity contribution in [3.05, 3.63) is 38.7 Å². The maximum Gasteiger partial charge on any atom is 0.343 e. The lowest BCUT2D eigenvalue weighted by Gasteiger charge is -2.13. The van der Waals surface area contributed by atoms with Crippen molar-refractivity contribution in [1.82, 2.24) is 14.8 Å². The van der Waals surface area contributed by atoms with E-state index in [2.05, 4.69) is 15.5 Å². The molecule has 0 bridgehead atoms. The van der Waals surface area contributed by atoms with Crippen molar-refractivity contribution in [2.75, 3.05) is 5.32 Å². The summed E-state index contributed by atoms with van der Waals surface area (Å²) in [6.45, 7) is 4.24. The number of carbonyl (C=O) groups excluding carboxylic acids is 1. The van der Waals surface area contributed by atoms with Gasteiger partial charge in [-0.1, -0.05) is 41.9 Å². The SMILES string of the molecule is CCCn1c(S[C@@H](C)C(=O)Nc2cc(Cl)ccc2Cl)n[nH]c1=O. The molecular formula is C14H16Cl2N4O2S. The third kappa shape index (κ3) is 4.53. The topological polar surface area (TPSA) is 79.8 Å². The fraction of sp³-hybridized carbons (Fsp3) is 0.357. The van der Waals surface area contributed by atoms with Gasteiger partial charge in [-0.05, 0) is 31.5 Å². The van der Waals surface area contributed by atoms with Gasteiger partial charge in [0.1, 0.15) is 0 Å². The molecule has 23 heavy (non-hydrogen) atoms. The quantitative estimate of drug-likeness (QED) is 0.759. The summed E-state index contributed by atoms with van der Waals surface area (Å²) >= 11 is 13.1. The molecule has 1 aromatic carbocycles. The highest BCUT2D eigenvalue weighted by atomic mass is 35.5. The Labute approximate surface area is 147 Å². The number of halogens is 2. The van der Waals surface area contributed by atoms with E-state index in [4.69, 9.17) is 23.2 Å². The van der Waals surface area contributed by atoms with Gasteiger partial charge in [0, 0.05) is 11.6 Å². The minimum absolute atomic E-state index is 0.252. The second-order valence-electron chi connectivity index (χ2n) is 4.84. The monoisotopic (exact) mass is 374 g/mol. The van der Waals surface area contributed by atoms with E-state index in [0.29, 0.717) is 27.4 Å². The van der Waals surface area contributed by atoms with E-state index in [1.807, 2.05) is 6.92 Å². The van der Waals surface area contributed by atoms with Gasteiger partial charge in [-0.25, -0.2) is 9.89 Å². The van der Waals surface area contributed by atoms with Crippen LogP contribution in [0, 0.1) is 0 Å². The number of nitrogens with one attached hydrogen (secondary N) is 2. The van der Waals surface area contributed by atoms with Crippen LogP contribution < -0.4 is 11.0 Å². The molecule has 124 valence electrons. The van der Waals surface area contributed by atoms with Crippen LogP contribution >= 0.6 is 35.0 Å². The van der Waals surface area contributed by atoms with Crippen LogP contribution in [0.15, 0.2) is 28.2 Å². The summed E-state index contributed by atoms with van der Waals surface area (Å²) in [6.07, 6.45) is 0.797. The summed E-state index contributed by atoms with van der Waals surface area (Å²) in [7, 11) is 0. The smallest absolute Gasteiger partial charge is 0.324 e. The van der Waals surface area contributed by atoms with E-state index >= 15 is 0 Å². The maximum atomic E-state index is 12.3. The summed E-state index contributed by atoms with van der Waals surface area (Å²) in [5.74, 6) is -0.252. The zero-order valence-electron chi connectivity index (χ0n) is 12.6. The van der Waals surface area contributed by atoms with Crippen LogP contribution in [0.2, 0.25) is 10.0 Å². The maximum absolute atomic E-state index is 12.3. The minimum Gasteiger partial charge on any atom is -0.324 e. The summed E-state index contributed by atoms with van der Waals surface area (Å²) in [6, 6.07) is 4.84. The van der Waals surface area contributed by atoms with Crippen molar-refractivity contribution < 1.29 is 4.79 Å². The number of H-pyrrole nitrogens is 1. The van der Waals surface area contributed by atoms with Gasteiger partial charge < -0.3 is 5.32 Å². The molecule has 0 saturated heterocycles. The number of hydrogen-bond donors (Lipinski definition) is 2. The van der Waals surface area contributed by atoms with Crippen molar-refractivity contribution in [1.29, 1.82) is 0 Å². The van der Waals surface area contributed by atoms with E-state index in [1.54, 1.807) is 25.1 Å². The number of aromatic amines is 1. The van der Waals surface area contributed by atoms with Crippen LogP contribution in [0.5, 0.6) is 0 Å². The lowest BCUT2D eigenvalue weighted by Crippen LogP contribution is -2.24. The van der Waals surface area contributed by atoms with Crippen LogP contribution in [0.25, 0.3) is 0 Å². The van der Waals surface area contributed by atoms with Gasteiger partial charge in [-0.15, -0.1) is 5.10 Å². The molecular weight excluding hydrogens is 359 g/mol. The Hall–Kier alpha value is -1.44.